The third kappa shape index (κ3) is 1.53. The zero-order valence-corrected chi connectivity index (χ0v) is 7.23. The summed E-state index contributed by atoms with van der Waals surface area (Å²) in [6.07, 6.45) is 1.65. The Morgan fingerprint density at radius 1 is 1.58 bits per heavy atom. The fourth-order valence-electron chi connectivity index (χ4n) is 1.15. The highest BCUT2D eigenvalue weighted by atomic mass is 35.5. The van der Waals surface area contributed by atoms with Gasteiger partial charge in [0, 0.05) is 6.54 Å². The number of aliphatic carboxylic acids is 1. The first kappa shape index (κ1) is 9.32. The topological polar surface area (TPSA) is 66.4 Å². The molecule has 0 bridgehead atoms. The zero-order valence-electron chi connectivity index (χ0n) is 6.47. The first-order chi connectivity index (χ1) is 5.57. The maximum Gasteiger partial charge on any atom is 0.334 e. The smallest absolute Gasteiger partial charge is 0.334 e. The average Bonchev–Trinajstić information content (AvgIpc) is 2.16. The van der Waals surface area contributed by atoms with Crippen LogP contribution in [0.5, 0.6) is 0 Å². The fraction of sp³-hybridized carbons (Fsp3) is 0.714. The van der Waals surface area contributed by atoms with Crippen LogP contribution in [0, 0.1) is 0 Å². The largest absolute Gasteiger partial charge is 0.480 e. The van der Waals surface area contributed by atoms with Crippen LogP contribution in [0.2, 0.25) is 0 Å². The number of carbonyl (C=O) groups is 2. The molecule has 1 heterocycles. The summed E-state index contributed by atoms with van der Waals surface area (Å²) in [5.41, 5.74) is 0. The molecule has 0 aromatic rings. The third-order valence-electron chi connectivity index (χ3n) is 1.93. The van der Waals surface area contributed by atoms with E-state index in [0.717, 1.165) is 6.42 Å². The summed E-state index contributed by atoms with van der Waals surface area (Å²) in [4.78, 5) is 20.1. The van der Waals surface area contributed by atoms with Gasteiger partial charge >= 0.3 is 5.97 Å². The molecule has 12 heavy (non-hydrogen) atoms. The van der Waals surface area contributed by atoms with Crippen LogP contribution in [0.1, 0.15) is 19.3 Å². The molecule has 1 fully saturated rings. The Labute approximate surface area is 74.9 Å². The molecule has 1 saturated heterocycles. The van der Waals surface area contributed by atoms with Gasteiger partial charge in [0.05, 0.1) is 0 Å². The van der Waals surface area contributed by atoms with E-state index in [-0.39, 0.29) is 6.42 Å². The van der Waals surface area contributed by atoms with Crippen LogP contribution in [-0.2, 0) is 9.59 Å². The molecule has 68 valence electrons. The van der Waals surface area contributed by atoms with Gasteiger partial charge < -0.3 is 10.4 Å². The summed E-state index contributed by atoms with van der Waals surface area (Å²) >= 11 is 5.65. The minimum absolute atomic E-state index is 0.204. The summed E-state index contributed by atoms with van der Waals surface area (Å²) in [6, 6.07) is 0. The molecule has 5 heteroatoms. The first-order valence-corrected chi connectivity index (χ1v) is 4.16. The van der Waals surface area contributed by atoms with Crippen molar-refractivity contribution in [2.24, 2.45) is 0 Å². The summed E-state index contributed by atoms with van der Waals surface area (Å²) in [6.45, 7) is 0.514. The minimum Gasteiger partial charge on any atom is -0.480 e. The van der Waals surface area contributed by atoms with Crippen molar-refractivity contribution >= 4 is 23.5 Å². The Morgan fingerprint density at radius 3 is 2.83 bits per heavy atom. The number of nitrogens with one attached hydrogen (secondary N) is 1. The molecule has 0 aliphatic carbocycles. The number of hydrogen-bond acceptors (Lipinski definition) is 2. The Balaban J connectivity index is 2.83. The highest BCUT2D eigenvalue weighted by Crippen LogP contribution is 2.25. The Bertz CT molecular complexity index is 219. The molecule has 0 saturated carbocycles. The molecule has 1 aliphatic rings. The van der Waals surface area contributed by atoms with Crippen LogP contribution in [0.25, 0.3) is 0 Å². The summed E-state index contributed by atoms with van der Waals surface area (Å²) < 4.78 is 0. The van der Waals surface area contributed by atoms with Crippen LogP contribution in [0.3, 0.4) is 0 Å². The molecule has 1 aliphatic heterocycles. The van der Waals surface area contributed by atoms with E-state index in [1.165, 1.54) is 0 Å². The number of carbonyl (C=O) groups excluding carboxylic acids is 1. The van der Waals surface area contributed by atoms with Crippen LogP contribution in [0.15, 0.2) is 0 Å². The molecule has 0 aromatic heterocycles. The molecule has 0 radical (unpaired) electrons. The van der Waals surface area contributed by atoms with Gasteiger partial charge in [-0.25, -0.2) is 4.79 Å². The predicted octanol–water partition coefficient (Wildman–Crippen LogP) is 0.349. The molecule has 1 atom stereocenters. The van der Waals surface area contributed by atoms with Gasteiger partial charge in [-0.2, -0.15) is 0 Å². The van der Waals surface area contributed by atoms with Gasteiger partial charge in [0.1, 0.15) is 0 Å². The lowest BCUT2D eigenvalue weighted by Gasteiger charge is -2.17. The Hall–Kier alpha value is -0.770. The first-order valence-electron chi connectivity index (χ1n) is 3.78. The van der Waals surface area contributed by atoms with E-state index in [1.54, 1.807) is 0 Å². The van der Waals surface area contributed by atoms with Crippen LogP contribution < -0.4 is 5.32 Å². The lowest BCUT2D eigenvalue weighted by Crippen LogP contribution is -2.46. The highest BCUT2D eigenvalue weighted by molar-refractivity contribution is 6.45. The van der Waals surface area contributed by atoms with Crippen molar-refractivity contribution < 1.29 is 14.7 Å². The van der Waals surface area contributed by atoms with Crippen LogP contribution in [-0.4, -0.2) is 28.4 Å². The lowest BCUT2D eigenvalue weighted by atomic mass is 10.0. The molecule has 1 amide bonds. The van der Waals surface area contributed by atoms with Crippen molar-refractivity contribution in [3.05, 3.63) is 0 Å². The van der Waals surface area contributed by atoms with Crippen LogP contribution in [0.4, 0.5) is 0 Å². The SMILES string of the molecule is O=C(O)C1(Cl)CCCCNC1=O. The zero-order chi connectivity index (χ0) is 9.19. The van der Waals surface area contributed by atoms with Crippen molar-refractivity contribution in [3.63, 3.8) is 0 Å². The van der Waals surface area contributed by atoms with Gasteiger partial charge in [-0.3, -0.25) is 4.79 Å². The summed E-state index contributed by atoms with van der Waals surface area (Å²) in [5, 5.41) is 11.2. The third-order valence-corrected chi connectivity index (χ3v) is 2.45. The van der Waals surface area contributed by atoms with Gasteiger partial charge in [-0.15, -0.1) is 0 Å². The average molecular weight is 192 g/mol. The quantitative estimate of drug-likeness (QED) is 0.464. The highest BCUT2D eigenvalue weighted by Gasteiger charge is 2.44. The minimum atomic E-state index is -1.74. The second kappa shape index (κ2) is 3.31. The second-order valence-electron chi connectivity index (χ2n) is 2.82. The van der Waals surface area contributed by atoms with Crippen molar-refractivity contribution in [3.8, 4) is 0 Å². The number of halogens is 1. The van der Waals surface area contributed by atoms with Crippen molar-refractivity contribution in [1.82, 2.24) is 5.32 Å². The van der Waals surface area contributed by atoms with Gasteiger partial charge in [0.15, 0.2) is 0 Å². The fourth-order valence-corrected chi connectivity index (χ4v) is 1.35. The van der Waals surface area contributed by atoms with Crippen LogP contribution >= 0.6 is 11.6 Å². The van der Waals surface area contributed by atoms with Gasteiger partial charge in [0.25, 0.3) is 5.91 Å². The molecule has 0 aromatic carbocycles. The van der Waals surface area contributed by atoms with Gasteiger partial charge in [-0.1, -0.05) is 11.6 Å². The monoisotopic (exact) mass is 191 g/mol. The number of carboxylic acid groups (broad SMARTS) is 1. The number of alkyl halides is 1. The Kier molecular flexibility index (Phi) is 2.57. The normalized spacial score (nSPS) is 30.6. The maximum atomic E-state index is 11.2. The standard InChI is InChI=1S/C7H10ClNO3/c8-7(6(11)12)3-1-2-4-9-5(7)10/h1-4H2,(H,9,10)(H,11,12). The summed E-state index contributed by atoms with van der Waals surface area (Å²) in [5.74, 6) is -1.85. The molecular formula is C7H10ClNO3. The van der Waals surface area contributed by atoms with E-state index in [2.05, 4.69) is 5.32 Å². The molecule has 1 rings (SSSR count). The van der Waals surface area contributed by atoms with E-state index in [9.17, 15) is 9.59 Å². The molecule has 0 spiro atoms. The van der Waals surface area contributed by atoms with Gasteiger partial charge in [-0.05, 0) is 19.3 Å². The number of rotatable bonds is 1. The number of carboxylic acids is 1. The van der Waals surface area contributed by atoms with Crippen molar-refractivity contribution in [1.29, 1.82) is 0 Å². The van der Waals surface area contributed by atoms with Gasteiger partial charge in [0.2, 0.25) is 4.87 Å². The number of amides is 1. The molecule has 4 nitrogen and oxygen atoms in total. The predicted molar refractivity (Wildman–Crippen MR) is 43.1 cm³/mol. The molecular weight excluding hydrogens is 182 g/mol. The lowest BCUT2D eigenvalue weighted by molar-refractivity contribution is -0.145. The Morgan fingerprint density at radius 2 is 2.25 bits per heavy atom. The summed E-state index contributed by atoms with van der Waals surface area (Å²) in [7, 11) is 0. The maximum absolute atomic E-state index is 11.2. The molecule has 2 N–H and O–H groups in total. The van der Waals surface area contributed by atoms with Crippen molar-refractivity contribution in [2.45, 2.75) is 24.1 Å². The van der Waals surface area contributed by atoms with Crippen molar-refractivity contribution in [2.75, 3.05) is 6.54 Å². The molecule has 1 unspecified atom stereocenters. The van der Waals surface area contributed by atoms with E-state index >= 15 is 0 Å². The van der Waals surface area contributed by atoms with E-state index < -0.39 is 16.8 Å². The van der Waals surface area contributed by atoms with E-state index in [1.807, 2.05) is 0 Å². The van der Waals surface area contributed by atoms with E-state index in [4.69, 9.17) is 16.7 Å². The second-order valence-corrected chi connectivity index (χ2v) is 3.46. The number of hydrogen-bond donors (Lipinski definition) is 2. The van der Waals surface area contributed by atoms with E-state index in [0.29, 0.717) is 13.0 Å².